The van der Waals surface area contributed by atoms with Crippen molar-refractivity contribution >= 4 is 11.6 Å². The Labute approximate surface area is 192 Å². The maximum atomic E-state index is 13.7. The van der Waals surface area contributed by atoms with Gasteiger partial charge < -0.3 is 9.30 Å². The quantitative estimate of drug-likeness (QED) is 0.625. The Morgan fingerprint density at radius 3 is 2.56 bits per heavy atom. The van der Waals surface area contributed by atoms with Crippen LogP contribution >= 0.6 is 0 Å². The molecular formula is C26H39N5O. The van der Waals surface area contributed by atoms with Crippen LogP contribution in [0.1, 0.15) is 74.5 Å². The molecule has 32 heavy (non-hydrogen) atoms. The van der Waals surface area contributed by atoms with Gasteiger partial charge in [-0.05, 0) is 56.7 Å². The summed E-state index contributed by atoms with van der Waals surface area (Å²) in [6.07, 6.45) is 12.7. The fraction of sp³-hybridized carbons (Fsp3) is 0.692. The van der Waals surface area contributed by atoms with E-state index in [-0.39, 0.29) is 5.91 Å². The first-order valence-corrected chi connectivity index (χ1v) is 12.9. The van der Waals surface area contributed by atoms with Crippen molar-refractivity contribution < 1.29 is 4.79 Å². The van der Waals surface area contributed by atoms with Gasteiger partial charge in [0, 0.05) is 51.5 Å². The second-order valence-electron chi connectivity index (χ2n) is 10.1. The van der Waals surface area contributed by atoms with E-state index in [0.29, 0.717) is 5.69 Å². The van der Waals surface area contributed by atoms with Gasteiger partial charge in [-0.3, -0.25) is 14.6 Å². The van der Waals surface area contributed by atoms with Crippen molar-refractivity contribution in [2.45, 2.75) is 70.9 Å². The molecule has 1 aliphatic heterocycles. The Kier molecular flexibility index (Phi) is 6.79. The van der Waals surface area contributed by atoms with E-state index in [2.05, 4.69) is 32.2 Å². The molecule has 0 unspecified atom stereocenters. The van der Waals surface area contributed by atoms with E-state index in [1.165, 1.54) is 44.9 Å². The highest BCUT2D eigenvalue weighted by Crippen LogP contribution is 2.31. The number of nitrogens with zero attached hydrogens (tertiary/aromatic N) is 5. The zero-order chi connectivity index (χ0) is 21.9. The molecule has 2 aliphatic carbocycles. The lowest BCUT2D eigenvalue weighted by Crippen LogP contribution is -2.52. The third kappa shape index (κ3) is 4.86. The number of carbonyl (C=O) groups excluding carboxylic acids is 1. The Morgan fingerprint density at radius 1 is 1.06 bits per heavy atom. The molecule has 3 aliphatic rings. The number of imidazole rings is 1. The van der Waals surface area contributed by atoms with E-state index in [9.17, 15) is 4.79 Å². The highest BCUT2D eigenvalue weighted by molar-refractivity contribution is 5.94. The van der Waals surface area contributed by atoms with Gasteiger partial charge in [0.25, 0.3) is 5.91 Å². The maximum Gasteiger partial charge on any atom is 0.274 e. The molecule has 0 aromatic carbocycles. The molecule has 6 nitrogen and oxygen atoms in total. The van der Waals surface area contributed by atoms with Gasteiger partial charge >= 0.3 is 0 Å². The summed E-state index contributed by atoms with van der Waals surface area (Å²) in [5.74, 6) is 0.961. The molecule has 0 spiro atoms. The molecule has 2 aromatic rings. The Balaban J connectivity index is 1.32. The molecule has 0 radical (unpaired) electrons. The number of hydrogen-bond donors (Lipinski definition) is 0. The average molecular weight is 438 g/mol. The van der Waals surface area contributed by atoms with Gasteiger partial charge in [-0.25, -0.2) is 4.98 Å². The van der Waals surface area contributed by atoms with Crippen molar-refractivity contribution in [2.24, 2.45) is 5.92 Å². The molecule has 0 bridgehead atoms. The highest BCUT2D eigenvalue weighted by atomic mass is 16.2. The Morgan fingerprint density at radius 2 is 1.84 bits per heavy atom. The van der Waals surface area contributed by atoms with Gasteiger partial charge in [-0.2, -0.15) is 0 Å². The Hall–Kier alpha value is -1.92. The van der Waals surface area contributed by atoms with Gasteiger partial charge in [-0.15, -0.1) is 0 Å². The van der Waals surface area contributed by atoms with Crippen LogP contribution in [-0.2, 0) is 6.54 Å². The molecule has 2 saturated carbocycles. The third-order valence-corrected chi connectivity index (χ3v) is 7.65. The molecule has 6 heteroatoms. The van der Waals surface area contributed by atoms with Gasteiger partial charge in [0.15, 0.2) is 5.69 Å². The minimum absolute atomic E-state index is 0.120. The molecule has 0 atom stereocenters. The number of rotatable bonds is 8. The first-order chi connectivity index (χ1) is 15.7. The van der Waals surface area contributed by atoms with Gasteiger partial charge in [0.2, 0.25) is 0 Å². The largest absolute Gasteiger partial charge is 0.335 e. The monoisotopic (exact) mass is 437 g/mol. The number of fused-ring (bicyclic) bond motifs is 1. The average Bonchev–Trinajstić information content (AvgIpc) is 3.59. The predicted molar refractivity (Wildman–Crippen MR) is 128 cm³/mol. The number of carbonyl (C=O) groups is 1. The molecule has 2 aromatic heterocycles. The first kappa shape index (κ1) is 21.9. The van der Waals surface area contributed by atoms with E-state index < -0.39 is 0 Å². The maximum absolute atomic E-state index is 13.7. The fourth-order valence-corrected chi connectivity index (χ4v) is 5.68. The molecule has 0 N–H and O–H groups in total. The van der Waals surface area contributed by atoms with E-state index >= 15 is 0 Å². The summed E-state index contributed by atoms with van der Waals surface area (Å²) in [7, 11) is 0. The molecule has 174 valence electrons. The SMILES string of the molecule is CCCN(Cc1c(C(=O)N2CCN(C3CCCCC3)CC2)nc2ccccn12)CC1CC1. The van der Waals surface area contributed by atoms with Crippen LogP contribution in [0.5, 0.6) is 0 Å². The van der Waals surface area contributed by atoms with Crippen LogP contribution in [-0.4, -0.2) is 75.3 Å². The van der Waals surface area contributed by atoms with E-state index in [0.717, 1.165) is 75.5 Å². The second-order valence-corrected chi connectivity index (χ2v) is 10.1. The zero-order valence-electron chi connectivity index (χ0n) is 19.7. The van der Waals surface area contributed by atoms with E-state index in [1.807, 2.05) is 18.2 Å². The summed E-state index contributed by atoms with van der Waals surface area (Å²) in [5, 5.41) is 0. The topological polar surface area (TPSA) is 44.1 Å². The van der Waals surface area contributed by atoms with Crippen molar-refractivity contribution in [3.8, 4) is 0 Å². The van der Waals surface area contributed by atoms with Crippen LogP contribution in [0.2, 0.25) is 0 Å². The number of hydrogen-bond acceptors (Lipinski definition) is 4. The summed E-state index contributed by atoms with van der Waals surface area (Å²) in [6.45, 7) is 8.91. The predicted octanol–water partition coefficient (Wildman–Crippen LogP) is 4.05. The lowest BCUT2D eigenvalue weighted by molar-refractivity contribution is 0.0517. The molecular weight excluding hydrogens is 398 g/mol. The Bertz CT molecular complexity index is 906. The first-order valence-electron chi connectivity index (χ1n) is 12.9. The summed E-state index contributed by atoms with van der Waals surface area (Å²) in [6, 6.07) is 6.81. The van der Waals surface area contributed by atoms with Crippen LogP contribution in [0.25, 0.3) is 5.65 Å². The summed E-state index contributed by atoms with van der Waals surface area (Å²) < 4.78 is 2.14. The lowest BCUT2D eigenvalue weighted by atomic mass is 9.94. The van der Waals surface area contributed by atoms with E-state index in [1.54, 1.807) is 0 Å². The molecule has 5 rings (SSSR count). The molecule has 1 amide bonds. The molecule has 1 saturated heterocycles. The fourth-order valence-electron chi connectivity index (χ4n) is 5.68. The van der Waals surface area contributed by atoms with E-state index in [4.69, 9.17) is 4.98 Å². The lowest BCUT2D eigenvalue weighted by Gasteiger charge is -2.40. The standard InChI is InChI=1S/C26H39N5O/c1-2-13-28(19-21-11-12-21)20-23-25(27-24-10-6-7-14-31(23)24)26(32)30-17-15-29(16-18-30)22-8-4-3-5-9-22/h6-7,10,14,21-22H,2-5,8-9,11-13,15-20H2,1H3. The van der Waals surface area contributed by atoms with Crippen LogP contribution in [0.3, 0.4) is 0 Å². The molecule has 3 fully saturated rings. The van der Waals surface area contributed by atoms with Crippen LogP contribution in [0.15, 0.2) is 24.4 Å². The van der Waals surface area contributed by atoms with Gasteiger partial charge in [0.05, 0.1) is 5.69 Å². The number of aromatic nitrogens is 2. The number of piperazine rings is 1. The van der Waals surface area contributed by atoms with Crippen molar-refractivity contribution in [1.82, 2.24) is 24.1 Å². The van der Waals surface area contributed by atoms with Gasteiger partial charge in [0.1, 0.15) is 5.65 Å². The minimum Gasteiger partial charge on any atom is -0.335 e. The highest BCUT2D eigenvalue weighted by Gasteiger charge is 2.31. The van der Waals surface area contributed by atoms with Gasteiger partial charge in [-0.1, -0.05) is 32.3 Å². The van der Waals surface area contributed by atoms with Crippen LogP contribution < -0.4 is 0 Å². The molecule has 3 heterocycles. The van der Waals surface area contributed by atoms with Crippen molar-refractivity contribution in [1.29, 1.82) is 0 Å². The van der Waals surface area contributed by atoms with Crippen LogP contribution in [0, 0.1) is 5.92 Å². The van der Waals surface area contributed by atoms with Crippen LogP contribution in [0.4, 0.5) is 0 Å². The second kappa shape index (κ2) is 9.92. The summed E-state index contributed by atoms with van der Waals surface area (Å²) >= 11 is 0. The third-order valence-electron chi connectivity index (χ3n) is 7.65. The smallest absolute Gasteiger partial charge is 0.274 e. The number of amides is 1. The zero-order valence-corrected chi connectivity index (χ0v) is 19.7. The van der Waals surface area contributed by atoms with Crippen molar-refractivity contribution in [3.63, 3.8) is 0 Å². The van der Waals surface area contributed by atoms with Crippen molar-refractivity contribution in [2.75, 3.05) is 39.3 Å². The minimum atomic E-state index is 0.120. The summed E-state index contributed by atoms with van der Waals surface area (Å²) in [4.78, 5) is 25.7. The number of pyridine rings is 1. The summed E-state index contributed by atoms with van der Waals surface area (Å²) in [5.41, 5.74) is 2.61. The normalized spacial score (nSPS) is 21.0. The van der Waals surface area contributed by atoms with Crippen molar-refractivity contribution in [3.05, 3.63) is 35.8 Å².